The lowest BCUT2D eigenvalue weighted by Gasteiger charge is -2.11. The summed E-state index contributed by atoms with van der Waals surface area (Å²) in [5.74, 6) is -0.0213. The molecule has 0 heterocycles. The molecule has 0 bridgehead atoms. The number of carbonyl (C=O) groups is 1. The first-order chi connectivity index (χ1) is 9.61. The van der Waals surface area contributed by atoms with Crippen molar-refractivity contribution in [3.63, 3.8) is 0 Å². The molecule has 2 N–H and O–H groups in total. The molecule has 0 aliphatic heterocycles. The Morgan fingerprint density at radius 3 is 2.35 bits per heavy atom. The molecular formula is C16H16N2OS. The molecule has 2 aromatic rings. The second kappa shape index (κ2) is 6.30. The van der Waals surface area contributed by atoms with Gasteiger partial charge in [0.05, 0.1) is 5.69 Å². The van der Waals surface area contributed by atoms with E-state index in [0.717, 1.165) is 5.56 Å². The molecule has 3 nitrogen and oxygen atoms in total. The number of rotatable bonds is 3. The van der Waals surface area contributed by atoms with Crippen molar-refractivity contribution < 1.29 is 4.79 Å². The van der Waals surface area contributed by atoms with Crippen LogP contribution in [0, 0.1) is 6.92 Å². The number of anilines is 1. The van der Waals surface area contributed by atoms with Crippen LogP contribution in [0.15, 0.2) is 48.5 Å². The van der Waals surface area contributed by atoms with E-state index >= 15 is 0 Å². The van der Waals surface area contributed by atoms with E-state index in [1.54, 1.807) is 13.1 Å². The van der Waals surface area contributed by atoms with Crippen molar-refractivity contribution in [1.29, 1.82) is 0 Å². The summed E-state index contributed by atoms with van der Waals surface area (Å²) in [6.45, 7) is 2.00. The first-order valence-electron chi connectivity index (χ1n) is 6.31. The average molecular weight is 284 g/mol. The zero-order chi connectivity index (χ0) is 14.5. The van der Waals surface area contributed by atoms with Gasteiger partial charge in [-0.25, -0.2) is 0 Å². The smallest absolute Gasteiger partial charge is 0.195 e. The molecule has 0 fully saturated rings. The van der Waals surface area contributed by atoms with Crippen LogP contribution in [0.5, 0.6) is 0 Å². The van der Waals surface area contributed by atoms with Gasteiger partial charge >= 0.3 is 0 Å². The van der Waals surface area contributed by atoms with Gasteiger partial charge in [0.1, 0.15) is 0 Å². The van der Waals surface area contributed by atoms with Crippen molar-refractivity contribution in [1.82, 2.24) is 5.32 Å². The lowest BCUT2D eigenvalue weighted by Crippen LogP contribution is -2.25. The highest BCUT2D eigenvalue weighted by Gasteiger charge is 2.13. The third-order valence-electron chi connectivity index (χ3n) is 2.96. The van der Waals surface area contributed by atoms with E-state index in [2.05, 4.69) is 10.6 Å². The standard InChI is InChI=1S/C16H16N2OS/c1-11-7-9-12(10-8-11)15(19)13-5-3-4-6-14(13)18-16(20)17-2/h3-10H,1-2H3,(H2,17,18,20). The van der Waals surface area contributed by atoms with Crippen molar-refractivity contribution in [2.24, 2.45) is 0 Å². The highest BCUT2D eigenvalue weighted by molar-refractivity contribution is 7.80. The maximum absolute atomic E-state index is 12.5. The van der Waals surface area contributed by atoms with Crippen LogP contribution in [0.1, 0.15) is 21.5 Å². The van der Waals surface area contributed by atoms with Crippen LogP contribution in [0.3, 0.4) is 0 Å². The van der Waals surface area contributed by atoms with Crippen LogP contribution in [0.25, 0.3) is 0 Å². The Morgan fingerprint density at radius 1 is 1.05 bits per heavy atom. The summed E-state index contributed by atoms with van der Waals surface area (Å²) >= 11 is 5.08. The van der Waals surface area contributed by atoms with Gasteiger partial charge in [-0.3, -0.25) is 4.79 Å². The number of nitrogens with one attached hydrogen (secondary N) is 2. The summed E-state index contributed by atoms with van der Waals surface area (Å²) < 4.78 is 0. The minimum absolute atomic E-state index is 0.0213. The third-order valence-corrected chi connectivity index (χ3v) is 3.27. The molecule has 102 valence electrons. The first kappa shape index (κ1) is 14.2. The van der Waals surface area contributed by atoms with Crippen molar-refractivity contribution >= 4 is 28.8 Å². The molecule has 20 heavy (non-hydrogen) atoms. The second-order valence-electron chi connectivity index (χ2n) is 4.44. The van der Waals surface area contributed by atoms with Gasteiger partial charge in [-0.1, -0.05) is 42.0 Å². The third kappa shape index (κ3) is 3.22. The van der Waals surface area contributed by atoms with E-state index in [1.165, 1.54) is 0 Å². The molecule has 2 rings (SSSR count). The fourth-order valence-corrected chi connectivity index (χ4v) is 1.95. The topological polar surface area (TPSA) is 41.1 Å². The van der Waals surface area contributed by atoms with Gasteiger partial charge in [0, 0.05) is 18.2 Å². The van der Waals surface area contributed by atoms with Crippen LogP contribution in [0.2, 0.25) is 0 Å². The van der Waals surface area contributed by atoms with Gasteiger partial charge in [0.25, 0.3) is 0 Å². The molecule has 0 radical (unpaired) electrons. The minimum atomic E-state index is -0.0213. The highest BCUT2D eigenvalue weighted by atomic mass is 32.1. The molecule has 0 amide bonds. The van der Waals surface area contributed by atoms with Gasteiger partial charge in [-0.2, -0.15) is 0 Å². The molecule has 0 saturated carbocycles. The van der Waals surface area contributed by atoms with E-state index in [1.807, 2.05) is 49.4 Å². The lowest BCUT2D eigenvalue weighted by atomic mass is 10.0. The quantitative estimate of drug-likeness (QED) is 0.671. The molecule has 0 aliphatic rings. The molecule has 2 aromatic carbocycles. The maximum atomic E-state index is 12.5. The Kier molecular flexibility index (Phi) is 4.48. The molecule has 0 atom stereocenters. The Hall–Kier alpha value is -2.20. The molecule has 0 aromatic heterocycles. The van der Waals surface area contributed by atoms with Gasteiger partial charge in [-0.05, 0) is 31.3 Å². The van der Waals surface area contributed by atoms with Crippen molar-refractivity contribution in [3.8, 4) is 0 Å². The van der Waals surface area contributed by atoms with Gasteiger partial charge < -0.3 is 10.6 Å². The SMILES string of the molecule is CNC(=S)Nc1ccccc1C(=O)c1ccc(C)cc1. The summed E-state index contributed by atoms with van der Waals surface area (Å²) in [7, 11) is 1.74. The monoisotopic (exact) mass is 284 g/mol. The van der Waals surface area contributed by atoms with E-state index in [0.29, 0.717) is 21.9 Å². The largest absolute Gasteiger partial charge is 0.366 e. The Morgan fingerprint density at radius 2 is 1.70 bits per heavy atom. The molecular weight excluding hydrogens is 268 g/mol. The fourth-order valence-electron chi connectivity index (χ4n) is 1.84. The normalized spacial score (nSPS) is 9.90. The van der Waals surface area contributed by atoms with E-state index in [4.69, 9.17) is 12.2 Å². The van der Waals surface area contributed by atoms with Crippen molar-refractivity contribution in [2.75, 3.05) is 12.4 Å². The number of ketones is 1. The molecule has 0 spiro atoms. The highest BCUT2D eigenvalue weighted by Crippen LogP contribution is 2.19. The Balaban J connectivity index is 2.34. The number of aryl methyl sites for hydroxylation is 1. The predicted molar refractivity (Wildman–Crippen MR) is 86.3 cm³/mol. The summed E-state index contributed by atoms with van der Waals surface area (Å²) in [6, 6.07) is 14.9. The maximum Gasteiger partial charge on any atom is 0.195 e. The Labute approximate surface area is 124 Å². The number of thiocarbonyl (C=S) groups is 1. The van der Waals surface area contributed by atoms with E-state index < -0.39 is 0 Å². The number of carbonyl (C=O) groups excluding carboxylic acids is 1. The van der Waals surface area contributed by atoms with Gasteiger partial charge in [0.15, 0.2) is 10.9 Å². The molecule has 0 unspecified atom stereocenters. The van der Waals surface area contributed by atoms with Crippen LogP contribution in [0.4, 0.5) is 5.69 Å². The minimum Gasteiger partial charge on any atom is -0.366 e. The van der Waals surface area contributed by atoms with Crippen LogP contribution >= 0.6 is 12.2 Å². The van der Waals surface area contributed by atoms with Crippen LogP contribution in [-0.4, -0.2) is 17.9 Å². The zero-order valence-electron chi connectivity index (χ0n) is 11.4. The average Bonchev–Trinajstić information content (AvgIpc) is 2.48. The van der Waals surface area contributed by atoms with Crippen molar-refractivity contribution in [3.05, 3.63) is 65.2 Å². The number of benzene rings is 2. The van der Waals surface area contributed by atoms with Gasteiger partial charge in [0.2, 0.25) is 0 Å². The van der Waals surface area contributed by atoms with Crippen LogP contribution in [-0.2, 0) is 0 Å². The van der Waals surface area contributed by atoms with Gasteiger partial charge in [-0.15, -0.1) is 0 Å². The fraction of sp³-hybridized carbons (Fsp3) is 0.125. The number of hydrogen-bond donors (Lipinski definition) is 2. The van der Waals surface area contributed by atoms with E-state index in [9.17, 15) is 4.79 Å². The predicted octanol–water partition coefficient (Wildman–Crippen LogP) is 3.14. The molecule has 4 heteroatoms. The van der Waals surface area contributed by atoms with E-state index in [-0.39, 0.29) is 5.78 Å². The number of para-hydroxylation sites is 1. The Bertz CT molecular complexity index is 635. The van der Waals surface area contributed by atoms with Crippen LogP contribution < -0.4 is 10.6 Å². The zero-order valence-corrected chi connectivity index (χ0v) is 12.3. The van der Waals surface area contributed by atoms with Crippen molar-refractivity contribution in [2.45, 2.75) is 6.92 Å². The first-order valence-corrected chi connectivity index (χ1v) is 6.72. The second-order valence-corrected chi connectivity index (χ2v) is 4.85. The molecule has 0 saturated heterocycles. The lowest BCUT2D eigenvalue weighted by molar-refractivity contribution is 0.103. The summed E-state index contributed by atoms with van der Waals surface area (Å²) in [5.41, 5.74) is 3.11. The summed E-state index contributed by atoms with van der Waals surface area (Å²) in [4.78, 5) is 12.5. The summed E-state index contributed by atoms with van der Waals surface area (Å²) in [5, 5.41) is 6.34. The number of hydrogen-bond acceptors (Lipinski definition) is 2. The summed E-state index contributed by atoms with van der Waals surface area (Å²) in [6.07, 6.45) is 0. The molecule has 0 aliphatic carbocycles.